The molecule has 6 heteroatoms. The van der Waals surface area contributed by atoms with Crippen molar-refractivity contribution < 1.29 is 19.1 Å². The van der Waals surface area contributed by atoms with Gasteiger partial charge in [-0.25, -0.2) is 9.59 Å². The van der Waals surface area contributed by atoms with E-state index in [1.165, 1.54) is 0 Å². The van der Waals surface area contributed by atoms with E-state index in [1.54, 1.807) is 24.0 Å². The van der Waals surface area contributed by atoms with Crippen LogP contribution in [0.4, 0.5) is 4.79 Å². The van der Waals surface area contributed by atoms with Crippen LogP contribution in [0.1, 0.15) is 50.0 Å². The smallest absolute Gasteiger partial charge is 0.410 e. The second-order valence-corrected chi connectivity index (χ2v) is 7.23. The number of halogens is 1. The number of esters is 1. The van der Waals surface area contributed by atoms with E-state index in [4.69, 9.17) is 21.1 Å². The Balaban J connectivity index is 2.07. The van der Waals surface area contributed by atoms with Crippen LogP contribution in [0.15, 0.2) is 24.3 Å². The molecule has 0 aromatic heterocycles. The first-order chi connectivity index (χ1) is 11.7. The lowest BCUT2D eigenvalue weighted by Gasteiger charge is -2.29. The van der Waals surface area contributed by atoms with Gasteiger partial charge < -0.3 is 14.4 Å². The zero-order valence-electron chi connectivity index (χ0n) is 15.1. The van der Waals surface area contributed by atoms with E-state index >= 15 is 0 Å². The number of carbonyl (C=O) groups excluding carboxylic acids is 2. The normalized spacial score (nSPS) is 14.8. The number of amides is 1. The third-order valence-corrected chi connectivity index (χ3v) is 4.01. The Kier molecular flexibility index (Phi) is 6.11. The zero-order chi connectivity index (χ0) is 18.6. The number of hydrogen-bond acceptors (Lipinski definition) is 4. The summed E-state index contributed by atoms with van der Waals surface area (Å²) in [6, 6.07) is 5.30. The molecule has 136 valence electrons. The van der Waals surface area contributed by atoms with Crippen LogP contribution < -0.4 is 0 Å². The quantitative estimate of drug-likeness (QED) is 0.738. The highest BCUT2D eigenvalue weighted by Gasteiger charge is 2.24. The molecule has 0 bridgehead atoms. The number of nitrogens with zero attached hydrogens (tertiary/aromatic N) is 1. The maximum Gasteiger partial charge on any atom is 0.410 e. The molecule has 0 atom stereocenters. The highest BCUT2D eigenvalue weighted by Crippen LogP contribution is 2.27. The maximum absolute atomic E-state index is 12.1. The van der Waals surface area contributed by atoms with E-state index in [2.05, 4.69) is 0 Å². The van der Waals surface area contributed by atoms with Crippen LogP contribution in [0.3, 0.4) is 0 Å². The van der Waals surface area contributed by atoms with Crippen molar-refractivity contribution in [2.75, 3.05) is 19.7 Å². The van der Waals surface area contributed by atoms with Gasteiger partial charge in [-0.15, -0.1) is 0 Å². The molecule has 1 aliphatic rings. The third-order valence-electron chi connectivity index (χ3n) is 3.70. The van der Waals surface area contributed by atoms with Gasteiger partial charge in [-0.05, 0) is 57.4 Å². The second-order valence-electron chi connectivity index (χ2n) is 6.82. The first-order valence-corrected chi connectivity index (χ1v) is 8.73. The summed E-state index contributed by atoms with van der Waals surface area (Å²) >= 11 is 6.22. The summed E-state index contributed by atoms with van der Waals surface area (Å²) < 4.78 is 10.4. The van der Waals surface area contributed by atoms with E-state index < -0.39 is 11.6 Å². The van der Waals surface area contributed by atoms with Crippen molar-refractivity contribution in [2.45, 2.75) is 39.7 Å². The van der Waals surface area contributed by atoms with Gasteiger partial charge in [-0.2, -0.15) is 0 Å². The van der Waals surface area contributed by atoms with Gasteiger partial charge in [0, 0.05) is 13.1 Å². The van der Waals surface area contributed by atoms with Gasteiger partial charge in [-0.1, -0.05) is 23.7 Å². The van der Waals surface area contributed by atoms with E-state index in [0.29, 0.717) is 36.7 Å². The fourth-order valence-corrected chi connectivity index (χ4v) is 2.77. The average molecular weight is 366 g/mol. The summed E-state index contributed by atoms with van der Waals surface area (Å²) in [7, 11) is 0. The summed E-state index contributed by atoms with van der Waals surface area (Å²) in [5, 5.41) is 0.367. The third kappa shape index (κ3) is 5.23. The summed E-state index contributed by atoms with van der Waals surface area (Å²) in [6.45, 7) is 8.68. The molecule has 25 heavy (non-hydrogen) atoms. The van der Waals surface area contributed by atoms with E-state index in [1.807, 2.05) is 32.9 Å². The minimum atomic E-state index is -0.502. The van der Waals surface area contributed by atoms with Gasteiger partial charge in [-0.3, -0.25) is 0 Å². The summed E-state index contributed by atoms with van der Waals surface area (Å²) in [4.78, 5) is 25.6. The van der Waals surface area contributed by atoms with Crippen LogP contribution in [0.25, 0.3) is 5.57 Å². The number of rotatable bonds is 3. The van der Waals surface area contributed by atoms with Crippen molar-refractivity contribution in [1.29, 1.82) is 0 Å². The van der Waals surface area contributed by atoms with Crippen LogP contribution in [0.2, 0.25) is 5.02 Å². The predicted molar refractivity (Wildman–Crippen MR) is 97.8 cm³/mol. The highest BCUT2D eigenvalue weighted by atomic mass is 35.5. The molecular weight excluding hydrogens is 342 g/mol. The van der Waals surface area contributed by atoms with E-state index in [-0.39, 0.29) is 6.09 Å². The molecule has 1 aromatic rings. The Morgan fingerprint density at radius 3 is 2.52 bits per heavy atom. The molecule has 2 rings (SSSR count). The number of ether oxygens (including phenoxy) is 2. The first kappa shape index (κ1) is 19.3. The van der Waals surface area contributed by atoms with E-state index in [9.17, 15) is 9.59 Å². The molecule has 1 heterocycles. The summed E-state index contributed by atoms with van der Waals surface area (Å²) in [5.41, 5.74) is 1.90. The Hall–Kier alpha value is -2.01. The Morgan fingerprint density at radius 1 is 1.28 bits per heavy atom. The molecule has 0 saturated heterocycles. The molecule has 0 saturated carbocycles. The molecule has 0 aliphatic carbocycles. The minimum absolute atomic E-state index is 0.307. The van der Waals surface area contributed by atoms with Crippen molar-refractivity contribution in [1.82, 2.24) is 4.90 Å². The van der Waals surface area contributed by atoms with Crippen molar-refractivity contribution in [3.8, 4) is 0 Å². The SMILES string of the molecule is CCOC(=O)c1ccc(C2=CCN(C(=O)OC(C)(C)C)CC2)cc1Cl. The fourth-order valence-electron chi connectivity index (χ4n) is 2.51. The van der Waals surface area contributed by atoms with Gasteiger partial charge in [0.25, 0.3) is 0 Å². The summed E-state index contributed by atoms with van der Waals surface area (Å²) in [5.74, 6) is -0.423. The van der Waals surface area contributed by atoms with Crippen LogP contribution in [-0.2, 0) is 9.47 Å². The Labute approximate surface area is 153 Å². The molecule has 0 N–H and O–H groups in total. The topological polar surface area (TPSA) is 55.8 Å². The largest absolute Gasteiger partial charge is 0.462 e. The Morgan fingerprint density at radius 2 is 2.00 bits per heavy atom. The fraction of sp³-hybridized carbons (Fsp3) is 0.474. The van der Waals surface area contributed by atoms with Gasteiger partial charge in [0.05, 0.1) is 17.2 Å². The maximum atomic E-state index is 12.1. The molecule has 5 nitrogen and oxygen atoms in total. The van der Waals surface area contributed by atoms with Gasteiger partial charge >= 0.3 is 12.1 Å². The molecule has 0 spiro atoms. The van der Waals surface area contributed by atoms with Crippen LogP contribution in [0.5, 0.6) is 0 Å². The van der Waals surface area contributed by atoms with Crippen molar-refractivity contribution in [2.24, 2.45) is 0 Å². The van der Waals surface area contributed by atoms with Crippen molar-refractivity contribution in [3.05, 3.63) is 40.4 Å². The van der Waals surface area contributed by atoms with Gasteiger partial charge in [0.15, 0.2) is 0 Å². The lowest BCUT2D eigenvalue weighted by molar-refractivity contribution is 0.0270. The van der Waals surface area contributed by atoms with Gasteiger partial charge in [0.1, 0.15) is 5.60 Å². The molecule has 0 radical (unpaired) electrons. The number of benzene rings is 1. The molecular formula is C19H24ClNO4. The second kappa shape index (κ2) is 7.91. The minimum Gasteiger partial charge on any atom is -0.462 e. The molecule has 1 aliphatic heterocycles. The first-order valence-electron chi connectivity index (χ1n) is 8.35. The molecule has 0 fully saturated rings. The number of hydrogen-bond donors (Lipinski definition) is 0. The van der Waals surface area contributed by atoms with Gasteiger partial charge in [0.2, 0.25) is 0 Å². The highest BCUT2D eigenvalue weighted by molar-refractivity contribution is 6.33. The van der Waals surface area contributed by atoms with Crippen molar-refractivity contribution >= 4 is 29.2 Å². The standard InChI is InChI=1S/C19H24ClNO4/c1-5-24-17(22)15-7-6-14(12-16(15)20)13-8-10-21(11-9-13)18(23)25-19(2,3)4/h6-8,12H,5,9-11H2,1-4H3. The number of carbonyl (C=O) groups is 2. The Bertz CT molecular complexity index is 691. The lowest BCUT2D eigenvalue weighted by Crippen LogP contribution is -2.39. The lowest BCUT2D eigenvalue weighted by atomic mass is 9.98. The monoisotopic (exact) mass is 365 g/mol. The van der Waals surface area contributed by atoms with Crippen LogP contribution in [-0.4, -0.2) is 42.3 Å². The molecule has 1 aromatic carbocycles. The zero-order valence-corrected chi connectivity index (χ0v) is 15.9. The summed E-state index contributed by atoms with van der Waals surface area (Å²) in [6.07, 6.45) is 2.38. The van der Waals surface area contributed by atoms with E-state index in [0.717, 1.165) is 11.1 Å². The molecule has 1 amide bonds. The molecule has 0 unspecified atom stereocenters. The predicted octanol–water partition coefficient (Wildman–Crippen LogP) is 4.54. The average Bonchev–Trinajstić information content (AvgIpc) is 2.53. The van der Waals surface area contributed by atoms with Crippen LogP contribution >= 0.6 is 11.6 Å². The van der Waals surface area contributed by atoms with Crippen LogP contribution in [0, 0.1) is 0 Å². The van der Waals surface area contributed by atoms with Crippen molar-refractivity contribution in [3.63, 3.8) is 0 Å².